The number of aryl methyl sites for hydroxylation is 2. The van der Waals surface area contributed by atoms with Gasteiger partial charge in [0.25, 0.3) is 0 Å². The van der Waals surface area contributed by atoms with Crippen molar-refractivity contribution in [3.63, 3.8) is 0 Å². The molecule has 2 rings (SSSR count). The standard InChI is InChI=1S/C15H15N5O/c1-3-19-13-6-5-12(18-10-11(8-16)9-17)7-14(13)20(4-2)15(19)21/h5-7,10,18H,3-4H2,1-2H3. The second kappa shape index (κ2) is 5.98. The minimum atomic E-state index is -0.0302. The third-order valence-electron chi connectivity index (χ3n) is 3.28. The molecule has 6 heteroatoms. The Hall–Kier alpha value is -2.99. The van der Waals surface area contributed by atoms with E-state index in [1.807, 2.05) is 32.0 Å². The third kappa shape index (κ3) is 2.52. The largest absolute Gasteiger partial charge is 0.360 e. The summed E-state index contributed by atoms with van der Waals surface area (Å²) in [6.45, 7) is 5.05. The molecule has 2 aromatic rings. The summed E-state index contributed by atoms with van der Waals surface area (Å²) >= 11 is 0. The van der Waals surface area contributed by atoms with E-state index in [4.69, 9.17) is 10.5 Å². The molecule has 1 aromatic carbocycles. The molecular weight excluding hydrogens is 266 g/mol. The van der Waals surface area contributed by atoms with Crippen LogP contribution in [0.2, 0.25) is 0 Å². The maximum Gasteiger partial charge on any atom is 0.329 e. The number of hydrogen-bond acceptors (Lipinski definition) is 4. The third-order valence-corrected chi connectivity index (χ3v) is 3.28. The van der Waals surface area contributed by atoms with Gasteiger partial charge in [-0.3, -0.25) is 9.13 Å². The van der Waals surface area contributed by atoms with Gasteiger partial charge >= 0.3 is 5.69 Å². The average Bonchev–Trinajstić information content (AvgIpc) is 2.78. The van der Waals surface area contributed by atoms with E-state index >= 15 is 0 Å². The summed E-state index contributed by atoms with van der Waals surface area (Å²) in [5.41, 5.74) is 2.39. The molecule has 6 nitrogen and oxygen atoms in total. The Balaban J connectivity index is 2.53. The highest BCUT2D eigenvalue weighted by atomic mass is 16.1. The van der Waals surface area contributed by atoms with E-state index in [0.717, 1.165) is 16.7 Å². The number of nitriles is 2. The molecule has 0 spiro atoms. The van der Waals surface area contributed by atoms with Crippen molar-refractivity contribution in [1.82, 2.24) is 9.13 Å². The smallest absolute Gasteiger partial charge is 0.329 e. The normalized spacial score (nSPS) is 9.90. The van der Waals surface area contributed by atoms with Crippen LogP contribution in [0.3, 0.4) is 0 Å². The number of hydrogen-bond donors (Lipinski definition) is 1. The fourth-order valence-corrected chi connectivity index (χ4v) is 2.27. The number of imidazole rings is 1. The van der Waals surface area contributed by atoms with Gasteiger partial charge in [-0.1, -0.05) is 0 Å². The monoisotopic (exact) mass is 281 g/mol. The van der Waals surface area contributed by atoms with Gasteiger partial charge in [0.05, 0.1) is 11.0 Å². The highest BCUT2D eigenvalue weighted by Crippen LogP contribution is 2.19. The second-order valence-electron chi connectivity index (χ2n) is 4.40. The Morgan fingerprint density at radius 3 is 2.38 bits per heavy atom. The van der Waals surface area contributed by atoms with Gasteiger partial charge in [0.1, 0.15) is 17.7 Å². The van der Waals surface area contributed by atoms with Crippen molar-refractivity contribution in [2.45, 2.75) is 26.9 Å². The van der Waals surface area contributed by atoms with Crippen LogP contribution in [-0.4, -0.2) is 9.13 Å². The lowest BCUT2D eigenvalue weighted by Gasteiger charge is -2.03. The number of fused-ring (bicyclic) bond motifs is 1. The zero-order valence-corrected chi connectivity index (χ0v) is 11.9. The molecular formula is C15H15N5O. The molecule has 0 amide bonds. The molecule has 0 aliphatic heterocycles. The molecule has 0 aliphatic carbocycles. The van der Waals surface area contributed by atoms with Crippen molar-refractivity contribution < 1.29 is 0 Å². The van der Waals surface area contributed by atoms with Gasteiger partial charge in [0.2, 0.25) is 0 Å². The first-order valence-electron chi connectivity index (χ1n) is 6.66. The van der Waals surface area contributed by atoms with Crippen molar-refractivity contribution in [3.05, 3.63) is 40.5 Å². The van der Waals surface area contributed by atoms with Crippen molar-refractivity contribution in [1.29, 1.82) is 10.5 Å². The average molecular weight is 281 g/mol. The Morgan fingerprint density at radius 2 is 1.81 bits per heavy atom. The molecule has 0 bridgehead atoms. The zero-order valence-electron chi connectivity index (χ0n) is 11.9. The minimum absolute atomic E-state index is 0.00546. The van der Waals surface area contributed by atoms with Crippen molar-refractivity contribution in [2.75, 3.05) is 5.32 Å². The predicted molar refractivity (Wildman–Crippen MR) is 80.5 cm³/mol. The van der Waals surface area contributed by atoms with Crippen LogP contribution in [0.4, 0.5) is 5.69 Å². The number of anilines is 1. The molecule has 0 radical (unpaired) electrons. The highest BCUT2D eigenvalue weighted by molar-refractivity contribution is 5.80. The van der Waals surface area contributed by atoms with Crippen LogP contribution in [-0.2, 0) is 13.1 Å². The highest BCUT2D eigenvalue weighted by Gasteiger charge is 2.11. The van der Waals surface area contributed by atoms with Gasteiger partial charge in [0.15, 0.2) is 0 Å². The molecule has 0 saturated heterocycles. The van der Waals surface area contributed by atoms with E-state index in [1.165, 1.54) is 6.20 Å². The second-order valence-corrected chi connectivity index (χ2v) is 4.40. The first-order chi connectivity index (χ1) is 10.2. The molecule has 21 heavy (non-hydrogen) atoms. The van der Waals surface area contributed by atoms with Crippen LogP contribution >= 0.6 is 0 Å². The van der Waals surface area contributed by atoms with Gasteiger partial charge in [-0.05, 0) is 32.0 Å². The Bertz CT molecular complexity index is 826. The summed E-state index contributed by atoms with van der Waals surface area (Å²) < 4.78 is 3.41. The molecule has 0 unspecified atom stereocenters. The number of rotatable bonds is 4. The summed E-state index contributed by atoms with van der Waals surface area (Å²) in [4.78, 5) is 12.2. The summed E-state index contributed by atoms with van der Waals surface area (Å²) in [6.07, 6.45) is 1.35. The van der Waals surface area contributed by atoms with Gasteiger partial charge in [-0.15, -0.1) is 0 Å². The Kier molecular flexibility index (Phi) is 4.10. The first-order valence-corrected chi connectivity index (χ1v) is 6.66. The maximum absolute atomic E-state index is 12.2. The van der Waals surface area contributed by atoms with Crippen LogP contribution in [0.15, 0.2) is 34.8 Å². The van der Waals surface area contributed by atoms with Gasteiger partial charge in [-0.2, -0.15) is 10.5 Å². The lowest BCUT2D eigenvalue weighted by Crippen LogP contribution is -2.23. The van der Waals surface area contributed by atoms with Crippen molar-refractivity contribution in [3.8, 4) is 12.1 Å². The SMILES string of the molecule is CCn1c(=O)n(CC)c2cc(NC=C(C#N)C#N)ccc21. The molecule has 0 saturated carbocycles. The van der Waals surface area contributed by atoms with Crippen LogP contribution < -0.4 is 11.0 Å². The van der Waals surface area contributed by atoms with Gasteiger partial charge < -0.3 is 5.32 Å². The van der Waals surface area contributed by atoms with E-state index in [2.05, 4.69) is 5.32 Å². The molecule has 106 valence electrons. The quantitative estimate of drug-likeness (QED) is 0.870. The Labute approximate surface area is 122 Å². The van der Waals surface area contributed by atoms with Crippen LogP contribution in [0.1, 0.15) is 13.8 Å². The fourth-order valence-electron chi connectivity index (χ4n) is 2.27. The van der Waals surface area contributed by atoms with E-state index in [-0.39, 0.29) is 11.3 Å². The number of nitrogens with zero attached hydrogens (tertiary/aromatic N) is 4. The summed E-state index contributed by atoms with van der Waals surface area (Å²) in [6, 6.07) is 9.09. The van der Waals surface area contributed by atoms with Crippen LogP contribution in [0, 0.1) is 22.7 Å². The molecule has 1 aromatic heterocycles. The van der Waals surface area contributed by atoms with Crippen molar-refractivity contribution >= 4 is 16.7 Å². The number of nitrogens with one attached hydrogen (secondary N) is 1. The van der Waals surface area contributed by atoms with E-state index in [9.17, 15) is 4.79 Å². The van der Waals surface area contributed by atoms with Crippen LogP contribution in [0.25, 0.3) is 11.0 Å². The first kappa shape index (κ1) is 14.4. The minimum Gasteiger partial charge on any atom is -0.360 e. The maximum atomic E-state index is 12.2. The number of benzene rings is 1. The summed E-state index contributed by atoms with van der Waals surface area (Å²) in [5.74, 6) is 0. The lowest BCUT2D eigenvalue weighted by molar-refractivity contribution is 0.671. The molecule has 1 N–H and O–H groups in total. The summed E-state index contributed by atoms with van der Waals surface area (Å²) in [5, 5.41) is 20.3. The van der Waals surface area contributed by atoms with E-state index < -0.39 is 0 Å². The van der Waals surface area contributed by atoms with E-state index in [1.54, 1.807) is 21.3 Å². The molecule has 0 atom stereocenters. The molecule has 0 fully saturated rings. The van der Waals surface area contributed by atoms with Gasteiger partial charge in [0, 0.05) is 25.0 Å². The van der Waals surface area contributed by atoms with Crippen LogP contribution in [0.5, 0.6) is 0 Å². The zero-order chi connectivity index (χ0) is 15.4. The van der Waals surface area contributed by atoms with Crippen molar-refractivity contribution in [2.24, 2.45) is 0 Å². The molecule has 1 heterocycles. The Morgan fingerprint density at radius 1 is 1.19 bits per heavy atom. The fraction of sp³-hybridized carbons (Fsp3) is 0.267. The number of allylic oxidation sites excluding steroid dienone is 1. The topological polar surface area (TPSA) is 86.5 Å². The number of aromatic nitrogens is 2. The van der Waals surface area contributed by atoms with Gasteiger partial charge in [-0.25, -0.2) is 4.79 Å². The van der Waals surface area contributed by atoms with E-state index in [0.29, 0.717) is 13.1 Å². The summed E-state index contributed by atoms with van der Waals surface area (Å²) in [7, 11) is 0. The predicted octanol–water partition coefficient (Wildman–Crippen LogP) is 2.19. The lowest BCUT2D eigenvalue weighted by atomic mass is 10.2. The molecule has 0 aliphatic rings.